The Hall–Kier alpha value is -2.24. The second kappa shape index (κ2) is 7.37. The van der Waals surface area contributed by atoms with Crippen molar-refractivity contribution in [3.63, 3.8) is 0 Å². The van der Waals surface area contributed by atoms with Crippen molar-refractivity contribution < 1.29 is 24.2 Å². The van der Waals surface area contributed by atoms with Gasteiger partial charge in [0.05, 0.1) is 20.6 Å². The van der Waals surface area contributed by atoms with Crippen LogP contribution in [0.5, 0.6) is 11.5 Å². The Morgan fingerprint density at radius 2 is 1.95 bits per heavy atom. The number of aliphatic carboxylic acids is 1. The Bertz CT molecular complexity index is 486. The normalized spacial score (nSPS) is 9.95. The van der Waals surface area contributed by atoms with E-state index in [2.05, 4.69) is 0 Å². The van der Waals surface area contributed by atoms with Gasteiger partial charge in [0.1, 0.15) is 18.0 Å². The maximum atomic E-state index is 12.1. The first kappa shape index (κ1) is 15.8. The second-order valence-electron chi connectivity index (χ2n) is 4.16. The van der Waals surface area contributed by atoms with Crippen molar-refractivity contribution in [1.82, 2.24) is 4.90 Å². The van der Waals surface area contributed by atoms with Crippen LogP contribution < -0.4 is 9.47 Å². The van der Waals surface area contributed by atoms with Crippen molar-refractivity contribution in [2.45, 2.75) is 13.3 Å². The number of carboxylic acids is 1. The van der Waals surface area contributed by atoms with Crippen LogP contribution in [0.15, 0.2) is 18.2 Å². The standard InChI is InChI=1S/C14H19NO5/c1-4-15(9-14(17)18)13(16)7-10-5-6-11(19-2)8-12(10)20-3/h5-6,8H,4,7,9H2,1-3H3,(H,17,18). The third-order valence-electron chi connectivity index (χ3n) is 2.90. The molecule has 0 saturated carbocycles. The Labute approximate surface area is 117 Å². The van der Waals surface area contributed by atoms with Crippen LogP contribution in [0.25, 0.3) is 0 Å². The molecule has 1 aromatic carbocycles. The van der Waals surface area contributed by atoms with Gasteiger partial charge in [-0.05, 0) is 13.0 Å². The van der Waals surface area contributed by atoms with Gasteiger partial charge in [-0.2, -0.15) is 0 Å². The fourth-order valence-corrected chi connectivity index (χ4v) is 1.81. The zero-order valence-corrected chi connectivity index (χ0v) is 11.9. The molecule has 1 rings (SSSR count). The monoisotopic (exact) mass is 281 g/mol. The number of hydrogen-bond acceptors (Lipinski definition) is 4. The number of hydrogen-bond donors (Lipinski definition) is 1. The topological polar surface area (TPSA) is 76.1 Å². The third-order valence-corrected chi connectivity index (χ3v) is 2.90. The summed E-state index contributed by atoms with van der Waals surface area (Å²) in [6, 6.07) is 5.17. The maximum Gasteiger partial charge on any atom is 0.323 e. The summed E-state index contributed by atoms with van der Waals surface area (Å²) >= 11 is 0. The van der Waals surface area contributed by atoms with Crippen LogP contribution in [-0.2, 0) is 16.0 Å². The van der Waals surface area contributed by atoms with E-state index in [4.69, 9.17) is 14.6 Å². The number of carbonyl (C=O) groups is 2. The molecule has 0 saturated heterocycles. The number of carbonyl (C=O) groups excluding carboxylic acids is 1. The van der Waals surface area contributed by atoms with Crippen molar-refractivity contribution in [3.05, 3.63) is 23.8 Å². The molecule has 6 nitrogen and oxygen atoms in total. The van der Waals surface area contributed by atoms with Gasteiger partial charge in [0.15, 0.2) is 0 Å². The van der Waals surface area contributed by atoms with E-state index >= 15 is 0 Å². The largest absolute Gasteiger partial charge is 0.497 e. The molecule has 20 heavy (non-hydrogen) atoms. The van der Waals surface area contributed by atoms with E-state index in [1.807, 2.05) is 0 Å². The van der Waals surface area contributed by atoms with E-state index in [0.29, 0.717) is 23.6 Å². The molecule has 1 N–H and O–H groups in total. The van der Waals surface area contributed by atoms with Gasteiger partial charge in [0, 0.05) is 18.2 Å². The molecule has 0 aliphatic heterocycles. The zero-order chi connectivity index (χ0) is 15.1. The van der Waals surface area contributed by atoms with Gasteiger partial charge in [-0.25, -0.2) is 0 Å². The maximum absolute atomic E-state index is 12.1. The Morgan fingerprint density at radius 1 is 1.25 bits per heavy atom. The predicted molar refractivity (Wildman–Crippen MR) is 73.1 cm³/mol. The number of rotatable bonds is 7. The van der Waals surface area contributed by atoms with Gasteiger partial charge < -0.3 is 19.5 Å². The van der Waals surface area contributed by atoms with E-state index in [0.717, 1.165) is 0 Å². The minimum Gasteiger partial charge on any atom is -0.497 e. The SMILES string of the molecule is CCN(CC(=O)O)C(=O)Cc1ccc(OC)cc1OC. The van der Waals surface area contributed by atoms with Crippen molar-refractivity contribution in [2.24, 2.45) is 0 Å². The smallest absolute Gasteiger partial charge is 0.323 e. The lowest BCUT2D eigenvalue weighted by atomic mass is 10.1. The number of methoxy groups -OCH3 is 2. The second-order valence-corrected chi connectivity index (χ2v) is 4.16. The predicted octanol–water partition coefficient (Wildman–Crippen LogP) is 1.18. The summed E-state index contributed by atoms with van der Waals surface area (Å²) in [6.45, 7) is 1.80. The summed E-state index contributed by atoms with van der Waals surface area (Å²) in [5.74, 6) is -0.0970. The Morgan fingerprint density at radius 3 is 2.45 bits per heavy atom. The minimum absolute atomic E-state index is 0.0916. The molecule has 0 heterocycles. The van der Waals surface area contributed by atoms with E-state index in [1.165, 1.54) is 12.0 Å². The highest BCUT2D eigenvalue weighted by Gasteiger charge is 2.17. The van der Waals surface area contributed by atoms with Crippen molar-refractivity contribution in [2.75, 3.05) is 27.3 Å². The minimum atomic E-state index is -1.03. The van der Waals surface area contributed by atoms with Gasteiger partial charge in [-0.3, -0.25) is 9.59 Å². The van der Waals surface area contributed by atoms with Crippen LogP contribution in [0.4, 0.5) is 0 Å². The van der Waals surface area contributed by atoms with Crippen molar-refractivity contribution in [1.29, 1.82) is 0 Å². The Balaban J connectivity index is 2.86. The molecule has 0 aliphatic carbocycles. The van der Waals surface area contributed by atoms with Crippen molar-refractivity contribution in [3.8, 4) is 11.5 Å². The number of nitrogens with zero attached hydrogens (tertiary/aromatic N) is 1. The molecule has 0 fully saturated rings. The molecule has 1 aromatic rings. The van der Waals surface area contributed by atoms with Crippen molar-refractivity contribution >= 4 is 11.9 Å². The van der Waals surface area contributed by atoms with Crippen LogP contribution in [0.3, 0.4) is 0 Å². The molecule has 6 heteroatoms. The number of carboxylic acid groups (broad SMARTS) is 1. The fourth-order valence-electron chi connectivity index (χ4n) is 1.81. The van der Waals surface area contributed by atoms with Gasteiger partial charge in [-0.1, -0.05) is 6.07 Å². The molecule has 0 radical (unpaired) electrons. The molecule has 0 aliphatic rings. The van der Waals surface area contributed by atoms with E-state index in [1.54, 1.807) is 32.2 Å². The molecule has 1 amide bonds. The Kier molecular flexibility index (Phi) is 5.83. The van der Waals surface area contributed by atoms with E-state index in [-0.39, 0.29) is 18.9 Å². The molecule has 0 bridgehead atoms. The molecule has 0 aromatic heterocycles. The van der Waals surface area contributed by atoms with Crippen LogP contribution in [0, 0.1) is 0 Å². The van der Waals surface area contributed by atoms with Gasteiger partial charge >= 0.3 is 5.97 Å². The molecular weight excluding hydrogens is 262 g/mol. The molecule has 0 atom stereocenters. The molecule has 0 unspecified atom stereocenters. The first-order valence-electron chi connectivity index (χ1n) is 6.22. The number of ether oxygens (including phenoxy) is 2. The third kappa shape index (κ3) is 4.15. The highest BCUT2D eigenvalue weighted by Crippen LogP contribution is 2.25. The summed E-state index contributed by atoms with van der Waals surface area (Å²) in [7, 11) is 3.06. The lowest BCUT2D eigenvalue weighted by Crippen LogP contribution is -2.36. The first-order valence-corrected chi connectivity index (χ1v) is 6.22. The summed E-state index contributed by atoms with van der Waals surface area (Å²) in [5, 5.41) is 8.76. The summed E-state index contributed by atoms with van der Waals surface area (Å²) in [5.41, 5.74) is 0.696. The summed E-state index contributed by atoms with van der Waals surface area (Å²) < 4.78 is 10.3. The summed E-state index contributed by atoms with van der Waals surface area (Å²) in [4.78, 5) is 24.1. The lowest BCUT2D eigenvalue weighted by Gasteiger charge is -2.19. The van der Waals surface area contributed by atoms with Gasteiger partial charge in [0.25, 0.3) is 0 Å². The highest BCUT2D eigenvalue weighted by molar-refractivity contribution is 5.83. The fraction of sp³-hybridized carbons (Fsp3) is 0.429. The van der Waals surface area contributed by atoms with E-state index < -0.39 is 5.97 Å². The highest BCUT2D eigenvalue weighted by atomic mass is 16.5. The van der Waals surface area contributed by atoms with Crippen LogP contribution in [0.2, 0.25) is 0 Å². The zero-order valence-electron chi connectivity index (χ0n) is 11.9. The molecule has 110 valence electrons. The lowest BCUT2D eigenvalue weighted by molar-refractivity contribution is -0.144. The number of likely N-dealkylation sites (N-methyl/N-ethyl adjacent to an activating group) is 1. The van der Waals surface area contributed by atoms with E-state index in [9.17, 15) is 9.59 Å². The van der Waals surface area contributed by atoms with Gasteiger partial charge in [-0.15, -0.1) is 0 Å². The first-order chi connectivity index (χ1) is 9.51. The average Bonchev–Trinajstić information content (AvgIpc) is 2.44. The average molecular weight is 281 g/mol. The van der Waals surface area contributed by atoms with Gasteiger partial charge in [0.2, 0.25) is 5.91 Å². The van der Waals surface area contributed by atoms with Crippen LogP contribution in [0.1, 0.15) is 12.5 Å². The molecule has 0 spiro atoms. The quantitative estimate of drug-likeness (QED) is 0.812. The number of benzene rings is 1. The number of amides is 1. The van der Waals surface area contributed by atoms with Crippen LogP contribution in [-0.4, -0.2) is 49.2 Å². The summed E-state index contributed by atoms with van der Waals surface area (Å²) in [6.07, 6.45) is 0.0916. The molecular formula is C14H19NO5. The van der Waals surface area contributed by atoms with Crippen LogP contribution >= 0.6 is 0 Å².